The Balaban J connectivity index is 0.540. The number of benzene rings is 24. The summed E-state index contributed by atoms with van der Waals surface area (Å²) in [6.45, 7) is 0. The number of hydrogen-bond donors (Lipinski definition) is 0. The molecular formula is C122H70O3. The molecule has 0 aliphatic carbocycles. The highest BCUT2D eigenvalue weighted by Crippen LogP contribution is 2.55. The minimum atomic E-state index is 0.856. The van der Waals surface area contributed by atoms with Crippen LogP contribution in [-0.4, -0.2) is 0 Å². The minimum absolute atomic E-state index is 0.856. The SMILES string of the molecule is c1ccc2cc(-c3c4ccccc4c(-c4ccc5oc6c(-c7ccc(-c8ccc9cc(-c%10c%11ccccc%11c(-c%11cc%12ccc(-c%13cc(-c%14c%15ccccc%15c(-c%15c%16ccccc%16cc%16oc%17ccccc%17c%15%16)c%15ccccc%14%15)c%14ccccc%14c%13)cc%12c%12oc%13ccccc%13c%11%12)c%11ccccc%10%11)ccc9c8)cc7)cccc6c5c4)c4ccccc34)ccc2c1. The first-order valence-electron chi connectivity index (χ1n) is 43.1. The van der Waals surface area contributed by atoms with Crippen molar-refractivity contribution < 1.29 is 13.3 Å². The normalized spacial score (nSPS) is 12.2. The van der Waals surface area contributed by atoms with Gasteiger partial charge in [0.2, 0.25) is 0 Å². The Bertz CT molecular complexity index is 9200. The van der Waals surface area contributed by atoms with E-state index in [-0.39, 0.29) is 0 Å². The van der Waals surface area contributed by atoms with Crippen LogP contribution in [0.1, 0.15) is 0 Å². The van der Waals surface area contributed by atoms with Crippen LogP contribution < -0.4 is 0 Å². The van der Waals surface area contributed by atoms with Crippen molar-refractivity contribution in [3.8, 4) is 100 Å². The molecule has 0 fully saturated rings. The summed E-state index contributed by atoms with van der Waals surface area (Å²) in [5.74, 6) is 0. The van der Waals surface area contributed by atoms with Crippen LogP contribution in [0.4, 0.5) is 0 Å². The smallest absolute Gasteiger partial charge is 0.143 e. The van der Waals surface area contributed by atoms with Crippen LogP contribution in [0.2, 0.25) is 0 Å². The van der Waals surface area contributed by atoms with Gasteiger partial charge in [-0.25, -0.2) is 0 Å². The van der Waals surface area contributed by atoms with Gasteiger partial charge in [0, 0.05) is 48.8 Å². The van der Waals surface area contributed by atoms with Crippen molar-refractivity contribution in [2.75, 3.05) is 0 Å². The van der Waals surface area contributed by atoms with Gasteiger partial charge in [0.1, 0.15) is 33.5 Å². The zero-order valence-corrected chi connectivity index (χ0v) is 67.6. The molecule has 0 saturated heterocycles. The number of para-hydroxylation sites is 3. The van der Waals surface area contributed by atoms with Crippen molar-refractivity contribution in [2.24, 2.45) is 0 Å². The van der Waals surface area contributed by atoms with Crippen LogP contribution in [0.5, 0.6) is 0 Å². The molecule has 0 atom stereocenters. The maximum Gasteiger partial charge on any atom is 0.143 e. The summed E-state index contributed by atoms with van der Waals surface area (Å²) in [4.78, 5) is 0. The molecule has 0 N–H and O–H groups in total. The van der Waals surface area contributed by atoms with E-state index < -0.39 is 0 Å². The third-order valence-electron chi connectivity index (χ3n) is 27.1. The maximum atomic E-state index is 7.28. The molecule has 3 heteroatoms. The number of fused-ring (bicyclic) bond motifs is 21. The highest BCUT2D eigenvalue weighted by Gasteiger charge is 2.28. The van der Waals surface area contributed by atoms with Gasteiger partial charge < -0.3 is 13.3 Å². The van der Waals surface area contributed by atoms with Crippen LogP contribution >= 0.6 is 0 Å². The summed E-state index contributed by atoms with van der Waals surface area (Å²) in [5, 5.41) is 32.8. The largest absolute Gasteiger partial charge is 0.456 e. The van der Waals surface area contributed by atoms with Crippen LogP contribution in [0, 0.1) is 0 Å². The lowest BCUT2D eigenvalue weighted by molar-refractivity contribution is 0.669. The van der Waals surface area contributed by atoms with E-state index >= 15 is 0 Å². The summed E-state index contributed by atoms with van der Waals surface area (Å²) in [6.07, 6.45) is 0. The van der Waals surface area contributed by atoms with E-state index in [2.05, 4.69) is 425 Å². The molecule has 125 heavy (non-hydrogen) atoms. The zero-order chi connectivity index (χ0) is 81.6. The number of rotatable bonds is 9. The number of furan rings is 3. The highest BCUT2D eigenvalue weighted by molar-refractivity contribution is 6.33. The molecule has 0 amide bonds. The van der Waals surface area contributed by atoms with Crippen molar-refractivity contribution in [3.63, 3.8) is 0 Å². The van der Waals surface area contributed by atoms with E-state index in [1.165, 1.54) is 158 Å². The topological polar surface area (TPSA) is 39.4 Å². The first kappa shape index (κ1) is 69.3. The van der Waals surface area contributed by atoms with E-state index in [0.29, 0.717) is 0 Å². The lowest BCUT2D eigenvalue weighted by atomic mass is 9.82. The van der Waals surface area contributed by atoms with E-state index in [1.807, 2.05) is 0 Å². The number of hydrogen-bond acceptors (Lipinski definition) is 3. The molecule has 27 aromatic rings. The predicted octanol–water partition coefficient (Wildman–Crippen LogP) is 35.1. The molecule has 0 aliphatic heterocycles. The van der Waals surface area contributed by atoms with Gasteiger partial charge in [-0.3, -0.25) is 0 Å². The maximum absolute atomic E-state index is 7.28. The van der Waals surface area contributed by atoms with Crippen LogP contribution in [-0.2, 0) is 0 Å². The predicted molar refractivity (Wildman–Crippen MR) is 530 cm³/mol. The van der Waals surface area contributed by atoms with E-state index in [4.69, 9.17) is 13.3 Å². The molecule has 3 aromatic heterocycles. The third-order valence-corrected chi connectivity index (χ3v) is 27.1. The van der Waals surface area contributed by atoms with E-state index in [0.717, 1.165) is 126 Å². The van der Waals surface area contributed by atoms with Crippen LogP contribution in [0.3, 0.4) is 0 Å². The second kappa shape index (κ2) is 27.0. The van der Waals surface area contributed by atoms with Crippen LogP contribution in [0.15, 0.2) is 438 Å². The van der Waals surface area contributed by atoms with Crippen molar-refractivity contribution in [1.82, 2.24) is 0 Å². The van der Waals surface area contributed by atoms with Crippen molar-refractivity contribution >= 4 is 184 Å². The summed E-state index contributed by atoms with van der Waals surface area (Å²) >= 11 is 0. The Morgan fingerprint density at radius 1 is 0.120 bits per heavy atom. The Hall–Kier alpha value is -16.5. The summed E-state index contributed by atoms with van der Waals surface area (Å²) in [6, 6.07) is 157. The molecule has 0 spiro atoms. The molecule has 27 rings (SSSR count). The van der Waals surface area contributed by atoms with Crippen molar-refractivity contribution in [1.29, 1.82) is 0 Å². The molecule has 0 aliphatic rings. The Kier molecular flexibility index (Phi) is 15.0. The van der Waals surface area contributed by atoms with Crippen molar-refractivity contribution in [2.45, 2.75) is 0 Å². The molecular weight excluding hydrogens is 1510 g/mol. The standard InChI is InChI=1S/C122H70O3/c1-2-25-74-63-82(58-50-71(74)24-1)112-89-30-7-9-32-91(89)114(92-33-10-8-31-90(92)112)84-60-61-110-105(68-84)101-45-23-44-88(121(101)124-110)73-51-48-72(49-52-73)75-53-54-77-64-83(59-56-76(77)62-75)113-93-34-11-13-36-95(93)116(96-37-14-12-35-94(96)113)107-67-81-57-55-78(66-104(81)122-118(107)102-42-19-22-47-109(102)125-122)85-65-79-26-3-5-28-86(79)106(69-85)115-97-38-15-17-40-99(97)117(100-41-18-16-39-98(100)115)120-87-29-6-4-27-80(87)70-111-119(120)103-43-20-21-46-108(103)123-111/h1-70H. The van der Waals surface area contributed by atoms with E-state index in [9.17, 15) is 0 Å². The van der Waals surface area contributed by atoms with Gasteiger partial charge in [-0.2, -0.15) is 0 Å². The molecule has 24 aromatic carbocycles. The van der Waals surface area contributed by atoms with Gasteiger partial charge >= 0.3 is 0 Å². The molecule has 3 heterocycles. The summed E-state index contributed by atoms with van der Waals surface area (Å²) in [7, 11) is 0. The Labute approximate surface area is 717 Å². The summed E-state index contributed by atoms with van der Waals surface area (Å²) < 4.78 is 20.9. The summed E-state index contributed by atoms with van der Waals surface area (Å²) in [5.41, 5.74) is 26.3. The second-order valence-electron chi connectivity index (χ2n) is 33.8. The van der Waals surface area contributed by atoms with Crippen LogP contribution in [0.25, 0.3) is 284 Å². The Morgan fingerprint density at radius 2 is 0.472 bits per heavy atom. The Morgan fingerprint density at radius 3 is 1.06 bits per heavy atom. The fourth-order valence-electron chi connectivity index (χ4n) is 21.6. The molecule has 576 valence electrons. The van der Waals surface area contributed by atoms with E-state index in [1.54, 1.807) is 0 Å². The molecule has 0 bridgehead atoms. The monoisotopic (exact) mass is 1580 g/mol. The second-order valence-corrected chi connectivity index (χ2v) is 33.8. The first-order valence-corrected chi connectivity index (χ1v) is 43.1. The third kappa shape index (κ3) is 10.5. The average Bonchev–Trinajstić information content (AvgIpc) is 1.68. The first-order chi connectivity index (χ1) is 62.0. The molecule has 0 saturated carbocycles. The zero-order valence-electron chi connectivity index (χ0n) is 67.6. The average molecular weight is 1580 g/mol. The fourth-order valence-corrected chi connectivity index (χ4v) is 21.6. The van der Waals surface area contributed by atoms with Crippen molar-refractivity contribution in [3.05, 3.63) is 425 Å². The van der Waals surface area contributed by atoms with Gasteiger partial charge in [-0.1, -0.05) is 352 Å². The van der Waals surface area contributed by atoms with Gasteiger partial charge in [0.05, 0.1) is 0 Å². The molecule has 0 radical (unpaired) electrons. The molecule has 3 nitrogen and oxygen atoms in total. The van der Waals surface area contributed by atoms with Gasteiger partial charge in [0.15, 0.2) is 0 Å². The highest BCUT2D eigenvalue weighted by atomic mass is 16.3. The lowest BCUT2D eigenvalue weighted by Gasteiger charge is -2.21. The minimum Gasteiger partial charge on any atom is -0.456 e. The quantitative estimate of drug-likeness (QED) is 0.135. The van der Waals surface area contributed by atoms with Gasteiger partial charge in [-0.15, -0.1) is 0 Å². The van der Waals surface area contributed by atoms with Gasteiger partial charge in [-0.05, 0) is 275 Å². The molecule has 0 unspecified atom stereocenters. The van der Waals surface area contributed by atoms with Gasteiger partial charge in [0.25, 0.3) is 0 Å². The lowest BCUT2D eigenvalue weighted by Crippen LogP contribution is -1.94. The fraction of sp³-hybridized carbons (Fsp3) is 0.